The van der Waals surface area contributed by atoms with E-state index in [4.69, 9.17) is 4.74 Å². The molecule has 5 nitrogen and oxygen atoms in total. The Morgan fingerprint density at radius 3 is 2.81 bits per heavy atom. The van der Waals surface area contributed by atoms with Crippen LogP contribution in [-0.4, -0.2) is 28.3 Å². The van der Waals surface area contributed by atoms with Gasteiger partial charge in [-0.3, -0.25) is 4.79 Å². The van der Waals surface area contributed by atoms with Crippen molar-refractivity contribution in [1.82, 2.24) is 15.1 Å². The lowest BCUT2D eigenvalue weighted by molar-refractivity contribution is -0.127. The molecule has 0 fully saturated rings. The third kappa shape index (κ3) is 4.34. The fourth-order valence-electron chi connectivity index (χ4n) is 1.86. The van der Waals surface area contributed by atoms with Crippen LogP contribution in [0.5, 0.6) is 5.88 Å². The van der Waals surface area contributed by atoms with Gasteiger partial charge < -0.3 is 10.1 Å². The number of benzene rings is 1. The highest BCUT2D eigenvalue weighted by atomic mass is 16.5. The lowest BCUT2D eigenvalue weighted by Crippen LogP contribution is -2.36. The van der Waals surface area contributed by atoms with Gasteiger partial charge in [-0.2, -0.15) is 0 Å². The first-order valence-electron chi connectivity index (χ1n) is 7.26. The normalized spacial score (nSPS) is 11.9. The van der Waals surface area contributed by atoms with Gasteiger partial charge in [-0.25, -0.2) is 4.68 Å². The summed E-state index contributed by atoms with van der Waals surface area (Å²) >= 11 is 0. The molecule has 0 aliphatic carbocycles. The Bertz CT molecular complexity index is 566. The second kappa shape index (κ2) is 7.47. The molecule has 1 atom stereocenters. The molecule has 0 radical (unpaired) electrons. The second-order valence-electron chi connectivity index (χ2n) is 4.84. The van der Waals surface area contributed by atoms with Crippen LogP contribution in [0, 0.1) is 0 Å². The van der Waals surface area contributed by atoms with Crippen molar-refractivity contribution in [2.24, 2.45) is 0 Å². The Labute approximate surface area is 124 Å². The minimum Gasteiger partial charge on any atom is -0.463 e. The van der Waals surface area contributed by atoms with Crippen molar-refractivity contribution < 1.29 is 9.53 Å². The third-order valence-corrected chi connectivity index (χ3v) is 3.08. The Balaban J connectivity index is 1.91. The number of unbranched alkanes of at least 4 members (excludes halogenated alkanes) is 1. The van der Waals surface area contributed by atoms with Gasteiger partial charge in [0.05, 0.1) is 5.69 Å². The summed E-state index contributed by atoms with van der Waals surface area (Å²) in [5, 5.41) is 7.16. The standard InChI is InChI=1S/C16H21N3O2/c1-3-4-11-17-16(20)13(2)21-15-10-12-19(18-15)14-8-6-5-7-9-14/h5-10,12-13H,3-4,11H2,1-2H3,(H,17,20). The fraction of sp³-hybridized carbons (Fsp3) is 0.375. The van der Waals surface area contributed by atoms with Crippen molar-refractivity contribution in [2.75, 3.05) is 6.54 Å². The van der Waals surface area contributed by atoms with Crippen molar-refractivity contribution in [3.05, 3.63) is 42.6 Å². The predicted molar refractivity (Wildman–Crippen MR) is 81.6 cm³/mol. The number of nitrogens with zero attached hydrogens (tertiary/aromatic N) is 2. The molecule has 0 saturated carbocycles. The fourth-order valence-corrected chi connectivity index (χ4v) is 1.86. The molecule has 1 amide bonds. The number of aromatic nitrogens is 2. The topological polar surface area (TPSA) is 56.1 Å². The first-order chi connectivity index (χ1) is 10.2. The van der Waals surface area contributed by atoms with Crippen molar-refractivity contribution in [3.63, 3.8) is 0 Å². The average Bonchev–Trinajstić information content (AvgIpc) is 2.97. The summed E-state index contributed by atoms with van der Waals surface area (Å²) in [5.74, 6) is 0.328. The van der Waals surface area contributed by atoms with E-state index in [-0.39, 0.29) is 5.91 Å². The Kier molecular flexibility index (Phi) is 5.37. The van der Waals surface area contributed by atoms with E-state index in [2.05, 4.69) is 17.3 Å². The highest BCUT2D eigenvalue weighted by Crippen LogP contribution is 2.13. The van der Waals surface area contributed by atoms with E-state index >= 15 is 0 Å². The minimum atomic E-state index is -0.555. The van der Waals surface area contributed by atoms with Crippen LogP contribution in [-0.2, 0) is 4.79 Å². The molecule has 1 N–H and O–H groups in total. The van der Waals surface area contributed by atoms with Crippen LogP contribution in [0.25, 0.3) is 5.69 Å². The lowest BCUT2D eigenvalue weighted by atomic mass is 10.3. The van der Waals surface area contributed by atoms with Crippen LogP contribution in [0.1, 0.15) is 26.7 Å². The zero-order chi connectivity index (χ0) is 15.1. The van der Waals surface area contributed by atoms with Crippen molar-refractivity contribution in [2.45, 2.75) is 32.8 Å². The van der Waals surface area contributed by atoms with Crippen LogP contribution in [0.3, 0.4) is 0 Å². The van der Waals surface area contributed by atoms with Crippen molar-refractivity contribution >= 4 is 5.91 Å². The van der Waals surface area contributed by atoms with Crippen LogP contribution in [0.2, 0.25) is 0 Å². The number of carbonyl (C=O) groups excluding carboxylic acids is 1. The molecule has 0 saturated heterocycles. The first kappa shape index (κ1) is 15.1. The number of carbonyl (C=O) groups is 1. The zero-order valence-corrected chi connectivity index (χ0v) is 12.5. The summed E-state index contributed by atoms with van der Waals surface area (Å²) in [6, 6.07) is 11.5. The predicted octanol–water partition coefficient (Wildman–Crippen LogP) is 2.56. The Morgan fingerprint density at radius 2 is 2.10 bits per heavy atom. The molecule has 2 rings (SSSR count). The number of rotatable bonds is 7. The van der Waals surface area contributed by atoms with Crippen LogP contribution in [0.15, 0.2) is 42.6 Å². The lowest BCUT2D eigenvalue weighted by Gasteiger charge is -2.12. The number of ether oxygens (including phenoxy) is 1. The van der Waals surface area contributed by atoms with Gasteiger partial charge in [0.25, 0.3) is 5.91 Å². The largest absolute Gasteiger partial charge is 0.463 e. The maximum Gasteiger partial charge on any atom is 0.260 e. The van der Waals surface area contributed by atoms with E-state index in [1.54, 1.807) is 17.7 Å². The summed E-state index contributed by atoms with van der Waals surface area (Å²) < 4.78 is 7.28. The van der Waals surface area contributed by atoms with Gasteiger partial charge in [0.15, 0.2) is 6.10 Å². The van der Waals surface area contributed by atoms with E-state index in [0.29, 0.717) is 12.4 Å². The van der Waals surface area contributed by atoms with Crippen LogP contribution >= 0.6 is 0 Å². The first-order valence-corrected chi connectivity index (χ1v) is 7.26. The second-order valence-corrected chi connectivity index (χ2v) is 4.84. The molecule has 5 heteroatoms. The number of hydrogen-bond donors (Lipinski definition) is 1. The summed E-state index contributed by atoms with van der Waals surface area (Å²) in [5.41, 5.74) is 0.951. The van der Waals surface area contributed by atoms with E-state index < -0.39 is 6.10 Å². The molecular formula is C16H21N3O2. The Morgan fingerprint density at radius 1 is 1.33 bits per heavy atom. The maximum atomic E-state index is 11.8. The van der Waals surface area contributed by atoms with Gasteiger partial charge in [0, 0.05) is 18.8 Å². The minimum absolute atomic E-state index is 0.113. The monoisotopic (exact) mass is 287 g/mol. The van der Waals surface area contributed by atoms with Crippen molar-refractivity contribution in [1.29, 1.82) is 0 Å². The maximum absolute atomic E-state index is 11.8. The highest BCUT2D eigenvalue weighted by molar-refractivity contribution is 5.80. The quantitative estimate of drug-likeness (QED) is 0.796. The average molecular weight is 287 g/mol. The zero-order valence-electron chi connectivity index (χ0n) is 12.5. The Hall–Kier alpha value is -2.30. The molecule has 1 aromatic heterocycles. The van der Waals surface area contributed by atoms with Gasteiger partial charge in [-0.1, -0.05) is 31.5 Å². The van der Waals surface area contributed by atoms with Gasteiger partial charge in [-0.15, -0.1) is 5.10 Å². The molecule has 1 unspecified atom stereocenters. The molecule has 21 heavy (non-hydrogen) atoms. The van der Waals surface area contributed by atoms with Crippen molar-refractivity contribution in [3.8, 4) is 11.6 Å². The summed E-state index contributed by atoms with van der Waals surface area (Å²) in [6.07, 6.45) is 3.28. The summed E-state index contributed by atoms with van der Waals surface area (Å²) in [4.78, 5) is 11.8. The molecule has 1 heterocycles. The molecule has 2 aromatic rings. The molecule has 0 aliphatic rings. The van der Waals surface area contributed by atoms with E-state index in [9.17, 15) is 4.79 Å². The van der Waals surface area contributed by atoms with E-state index in [1.807, 2.05) is 36.5 Å². The number of hydrogen-bond acceptors (Lipinski definition) is 3. The smallest absolute Gasteiger partial charge is 0.260 e. The number of nitrogens with one attached hydrogen (secondary N) is 1. The number of para-hydroxylation sites is 1. The summed E-state index contributed by atoms with van der Waals surface area (Å²) in [7, 11) is 0. The SMILES string of the molecule is CCCCNC(=O)C(C)Oc1ccn(-c2ccccc2)n1. The highest BCUT2D eigenvalue weighted by Gasteiger charge is 2.15. The van der Waals surface area contributed by atoms with E-state index in [1.165, 1.54) is 0 Å². The van der Waals surface area contributed by atoms with E-state index in [0.717, 1.165) is 18.5 Å². The van der Waals surface area contributed by atoms with Gasteiger partial charge in [-0.05, 0) is 25.5 Å². The number of amides is 1. The molecule has 0 spiro atoms. The van der Waals surface area contributed by atoms with Gasteiger partial charge in [0.1, 0.15) is 0 Å². The molecule has 1 aromatic carbocycles. The van der Waals surface area contributed by atoms with Gasteiger partial charge >= 0.3 is 0 Å². The molecule has 112 valence electrons. The third-order valence-electron chi connectivity index (χ3n) is 3.08. The molecular weight excluding hydrogens is 266 g/mol. The molecule has 0 aliphatic heterocycles. The molecule has 0 bridgehead atoms. The van der Waals surface area contributed by atoms with Crippen LogP contribution < -0.4 is 10.1 Å². The van der Waals surface area contributed by atoms with Crippen LogP contribution in [0.4, 0.5) is 0 Å². The van der Waals surface area contributed by atoms with Gasteiger partial charge in [0.2, 0.25) is 5.88 Å². The summed E-state index contributed by atoms with van der Waals surface area (Å²) in [6.45, 7) is 4.49.